The Hall–Kier alpha value is -4.33. The lowest BCUT2D eigenvalue weighted by Gasteiger charge is -2.21. The fourth-order valence-electron chi connectivity index (χ4n) is 4.42. The molecule has 0 unspecified atom stereocenters. The third-order valence-corrected chi connectivity index (χ3v) is 8.65. The summed E-state index contributed by atoms with van der Waals surface area (Å²) < 4.78 is 8.74. The maximum absolute atomic E-state index is 13.0. The Morgan fingerprint density at radius 2 is 1.73 bits per heavy atom. The number of rotatable bonds is 10. The van der Waals surface area contributed by atoms with Crippen LogP contribution < -0.4 is 25.6 Å². The Labute approximate surface area is 313 Å². The van der Waals surface area contributed by atoms with Crippen molar-refractivity contribution in [2.75, 3.05) is 29.1 Å². The van der Waals surface area contributed by atoms with Crippen LogP contribution in [0.25, 0.3) is 11.7 Å². The number of halogens is 5. The Bertz CT molecular complexity index is 1980. The number of carbonyl (C=O) groups is 3. The van der Waals surface area contributed by atoms with Crippen LogP contribution in [0.1, 0.15) is 16.8 Å². The SMILES string of the molecule is Cc1nc2c(OCc3c(Cl)ccc(N(C)C(=O)CNC(=O)/C=C/c4ccc(NC(=O)Nc5cccnc5)cc4)c3Cl)cccn2c1Br.Cl.Cl. The highest BCUT2D eigenvalue weighted by Gasteiger charge is 2.20. The van der Waals surface area contributed by atoms with Crippen molar-refractivity contribution in [1.29, 1.82) is 0 Å². The predicted octanol–water partition coefficient (Wildman–Crippen LogP) is 7.97. The van der Waals surface area contributed by atoms with Crippen LogP contribution in [0.3, 0.4) is 0 Å². The third kappa shape index (κ3) is 9.87. The van der Waals surface area contributed by atoms with E-state index in [9.17, 15) is 14.4 Å². The second-order valence-electron chi connectivity index (χ2n) is 10.1. The fraction of sp³-hybridized carbons (Fsp3) is 0.121. The number of fused-ring (bicyclic) bond motifs is 1. The number of hydrogen-bond donors (Lipinski definition) is 3. The van der Waals surface area contributed by atoms with Crippen LogP contribution in [0.4, 0.5) is 21.9 Å². The van der Waals surface area contributed by atoms with Gasteiger partial charge in [0.25, 0.3) is 0 Å². The molecule has 4 amide bonds. The first kappa shape index (κ1) is 39.1. The van der Waals surface area contributed by atoms with Crippen LogP contribution in [0.2, 0.25) is 10.0 Å². The number of anilines is 3. The minimum Gasteiger partial charge on any atom is -0.485 e. The van der Waals surface area contributed by atoms with E-state index in [1.54, 1.807) is 73.9 Å². The molecule has 0 fully saturated rings. The summed E-state index contributed by atoms with van der Waals surface area (Å²) in [5.74, 6) is -0.322. The van der Waals surface area contributed by atoms with Crippen molar-refractivity contribution >= 4 is 111 Å². The normalized spacial score (nSPS) is 10.6. The molecule has 3 heterocycles. The number of benzene rings is 2. The molecule has 16 heteroatoms. The molecular formula is C33H30BrCl4N7O4. The average molecular weight is 810 g/mol. The van der Waals surface area contributed by atoms with Gasteiger partial charge < -0.3 is 25.6 Å². The summed E-state index contributed by atoms with van der Waals surface area (Å²) >= 11 is 16.7. The number of ether oxygens (including phenoxy) is 1. The van der Waals surface area contributed by atoms with Crippen LogP contribution in [0.15, 0.2) is 89.9 Å². The Morgan fingerprint density at radius 1 is 1.00 bits per heavy atom. The van der Waals surface area contributed by atoms with Crippen molar-refractivity contribution in [1.82, 2.24) is 19.7 Å². The highest BCUT2D eigenvalue weighted by atomic mass is 79.9. The fourth-order valence-corrected chi connectivity index (χ4v) is 5.40. The van der Waals surface area contributed by atoms with Gasteiger partial charge in [-0.05, 0) is 83.0 Å². The van der Waals surface area contributed by atoms with Gasteiger partial charge >= 0.3 is 6.03 Å². The largest absolute Gasteiger partial charge is 0.485 e. The molecule has 0 aliphatic carbocycles. The van der Waals surface area contributed by atoms with Gasteiger partial charge in [-0.15, -0.1) is 24.8 Å². The quantitative estimate of drug-likeness (QED) is 0.123. The molecule has 5 rings (SSSR count). The third-order valence-electron chi connectivity index (χ3n) is 6.92. The number of aryl methyl sites for hydroxylation is 1. The Morgan fingerprint density at radius 3 is 2.45 bits per heavy atom. The zero-order valence-corrected chi connectivity index (χ0v) is 30.7. The number of pyridine rings is 2. The first-order chi connectivity index (χ1) is 22.6. The summed E-state index contributed by atoms with van der Waals surface area (Å²) in [6, 6.07) is 16.8. The lowest BCUT2D eigenvalue weighted by Crippen LogP contribution is -2.37. The smallest absolute Gasteiger partial charge is 0.323 e. The van der Waals surface area contributed by atoms with E-state index in [2.05, 4.69) is 41.8 Å². The van der Waals surface area contributed by atoms with Gasteiger partial charge in [0, 0.05) is 41.8 Å². The molecule has 0 aliphatic heterocycles. The predicted molar refractivity (Wildman–Crippen MR) is 202 cm³/mol. The second-order valence-corrected chi connectivity index (χ2v) is 11.7. The topological polar surface area (TPSA) is 130 Å². The molecule has 0 bridgehead atoms. The van der Waals surface area contributed by atoms with E-state index < -0.39 is 17.8 Å². The average Bonchev–Trinajstić information content (AvgIpc) is 3.36. The molecular weight excluding hydrogens is 780 g/mol. The lowest BCUT2D eigenvalue weighted by atomic mass is 10.2. The monoisotopic (exact) mass is 807 g/mol. The molecule has 11 nitrogen and oxygen atoms in total. The Kier molecular flexibility index (Phi) is 14.3. The van der Waals surface area contributed by atoms with Crippen LogP contribution in [-0.4, -0.2) is 45.8 Å². The molecule has 0 radical (unpaired) electrons. The van der Waals surface area contributed by atoms with Gasteiger partial charge in [-0.1, -0.05) is 35.3 Å². The van der Waals surface area contributed by atoms with Crippen LogP contribution in [0, 0.1) is 6.92 Å². The number of nitrogens with zero attached hydrogens (tertiary/aromatic N) is 4. The molecule has 256 valence electrons. The summed E-state index contributed by atoms with van der Waals surface area (Å²) in [4.78, 5) is 47.4. The highest BCUT2D eigenvalue weighted by molar-refractivity contribution is 9.10. The van der Waals surface area contributed by atoms with E-state index in [1.165, 1.54) is 17.2 Å². The van der Waals surface area contributed by atoms with Crippen molar-refractivity contribution in [3.8, 4) is 5.75 Å². The number of aromatic nitrogens is 3. The number of amides is 4. The minimum atomic E-state index is -0.462. The van der Waals surface area contributed by atoms with E-state index in [0.29, 0.717) is 39.0 Å². The van der Waals surface area contributed by atoms with E-state index in [1.807, 2.05) is 23.6 Å². The molecule has 0 atom stereocenters. The number of nitrogens with one attached hydrogen (secondary N) is 3. The van der Waals surface area contributed by atoms with Crippen LogP contribution in [0.5, 0.6) is 5.75 Å². The summed E-state index contributed by atoms with van der Waals surface area (Å²) in [5, 5.41) is 8.61. The van der Waals surface area contributed by atoms with E-state index in [-0.39, 0.29) is 43.0 Å². The molecule has 2 aromatic carbocycles. The van der Waals surface area contributed by atoms with Crippen molar-refractivity contribution in [3.05, 3.63) is 117 Å². The summed E-state index contributed by atoms with van der Waals surface area (Å²) in [6.07, 6.45) is 7.93. The maximum Gasteiger partial charge on any atom is 0.323 e. The van der Waals surface area contributed by atoms with Crippen molar-refractivity contribution in [3.63, 3.8) is 0 Å². The maximum atomic E-state index is 13.0. The molecule has 0 spiro atoms. The van der Waals surface area contributed by atoms with Gasteiger partial charge in [-0.2, -0.15) is 0 Å². The molecule has 49 heavy (non-hydrogen) atoms. The zero-order valence-electron chi connectivity index (χ0n) is 25.9. The first-order valence-corrected chi connectivity index (χ1v) is 15.7. The summed E-state index contributed by atoms with van der Waals surface area (Å²) in [5.41, 5.74) is 4.20. The zero-order chi connectivity index (χ0) is 33.5. The molecule has 3 N–H and O–H groups in total. The number of hydrogen-bond acceptors (Lipinski definition) is 6. The van der Waals surface area contributed by atoms with E-state index in [4.69, 9.17) is 27.9 Å². The highest BCUT2D eigenvalue weighted by Crippen LogP contribution is 2.35. The number of urea groups is 1. The van der Waals surface area contributed by atoms with Crippen molar-refractivity contribution in [2.24, 2.45) is 0 Å². The Balaban J connectivity index is 0.00000325. The first-order valence-electron chi connectivity index (χ1n) is 14.1. The number of likely N-dealkylation sites (N-methyl/N-ethyl adjacent to an activating group) is 1. The van der Waals surface area contributed by atoms with Gasteiger partial charge in [-0.3, -0.25) is 19.0 Å². The van der Waals surface area contributed by atoms with Crippen LogP contribution in [-0.2, 0) is 16.2 Å². The summed E-state index contributed by atoms with van der Waals surface area (Å²) in [6.45, 7) is 1.65. The molecule has 3 aromatic heterocycles. The van der Waals surface area contributed by atoms with Gasteiger partial charge in [-0.25, -0.2) is 9.78 Å². The van der Waals surface area contributed by atoms with Gasteiger partial charge in [0.2, 0.25) is 11.8 Å². The standard InChI is InChI=1S/C33H28BrCl2N7O4.2ClH/c1-20-31(34)43-16-4-6-27(32(43)39-20)47-19-24-25(35)12-13-26(30(24)36)42(2)29(45)18-38-28(44)14-9-21-7-10-22(11-8-21)40-33(46)41-23-5-3-15-37-17-23;;/h3-17H,18-19H2,1-2H3,(H,38,44)(H2,40,41,46);2*1H/b14-9+;;. The van der Waals surface area contributed by atoms with Gasteiger partial charge in [0.15, 0.2) is 11.4 Å². The number of carbonyl (C=O) groups excluding carboxylic acids is 3. The summed E-state index contributed by atoms with van der Waals surface area (Å²) in [7, 11) is 1.56. The van der Waals surface area contributed by atoms with Crippen molar-refractivity contribution in [2.45, 2.75) is 13.5 Å². The lowest BCUT2D eigenvalue weighted by molar-refractivity contribution is -0.122. The molecule has 5 aromatic rings. The molecule has 0 aliphatic rings. The van der Waals surface area contributed by atoms with Crippen LogP contribution >= 0.6 is 63.9 Å². The van der Waals surface area contributed by atoms with E-state index in [0.717, 1.165) is 15.9 Å². The van der Waals surface area contributed by atoms with Gasteiger partial charge in [0.05, 0.1) is 34.8 Å². The van der Waals surface area contributed by atoms with Crippen molar-refractivity contribution < 1.29 is 19.1 Å². The minimum absolute atomic E-state index is 0. The molecule has 0 saturated carbocycles. The van der Waals surface area contributed by atoms with Gasteiger partial charge in [0.1, 0.15) is 11.2 Å². The number of imidazole rings is 1. The molecule has 0 saturated heterocycles. The second kappa shape index (κ2) is 17.9. The van der Waals surface area contributed by atoms with E-state index >= 15 is 0 Å².